The molecule has 19 heavy (non-hydrogen) atoms. The summed E-state index contributed by atoms with van der Waals surface area (Å²) in [5.41, 5.74) is 2.81. The number of ether oxygens (including phenoxy) is 1. The second kappa shape index (κ2) is 5.64. The monoisotopic (exact) mass is 262 g/mol. The van der Waals surface area contributed by atoms with Gasteiger partial charge in [-0.05, 0) is 42.2 Å². The van der Waals surface area contributed by atoms with Crippen molar-refractivity contribution in [1.82, 2.24) is 0 Å². The standard InChI is InChI=1S/C17H26O2/c1-5-19-16(17(2,3)4)15(18)11-13-10-12-8-6-7-9-14(12)13/h6-9,13,15-16,18H,5,10-11H2,1-4H3. The second-order valence-electron chi connectivity index (χ2n) is 6.64. The molecule has 0 saturated carbocycles. The molecule has 0 spiro atoms. The molecule has 1 aromatic rings. The molecule has 3 atom stereocenters. The predicted molar refractivity (Wildman–Crippen MR) is 78.4 cm³/mol. The van der Waals surface area contributed by atoms with Crippen LogP contribution in [-0.4, -0.2) is 23.9 Å². The highest BCUT2D eigenvalue weighted by atomic mass is 16.5. The first-order valence-corrected chi connectivity index (χ1v) is 7.31. The summed E-state index contributed by atoms with van der Waals surface area (Å²) in [4.78, 5) is 0. The van der Waals surface area contributed by atoms with Gasteiger partial charge in [-0.15, -0.1) is 0 Å². The topological polar surface area (TPSA) is 29.5 Å². The Morgan fingerprint density at radius 1 is 1.32 bits per heavy atom. The van der Waals surface area contributed by atoms with Crippen molar-refractivity contribution in [1.29, 1.82) is 0 Å². The third kappa shape index (κ3) is 3.18. The molecule has 0 saturated heterocycles. The van der Waals surface area contributed by atoms with Crippen molar-refractivity contribution < 1.29 is 9.84 Å². The van der Waals surface area contributed by atoms with Crippen molar-refractivity contribution in [2.45, 2.75) is 58.7 Å². The third-order valence-electron chi connectivity index (χ3n) is 4.04. The summed E-state index contributed by atoms with van der Waals surface area (Å²) in [6.07, 6.45) is 1.42. The van der Waals surface area contributed by atoms with Crippen LogP contribution in [0.15, 0.2) is 24.3 Å². The first kappa shape index (κ1) is 14.5. The molecule has 0 aromatic heterocycles. The molecule has 0 heterocycles. The summed E-state index contributed by atoms with van der Waals surface area (Å²) in [5, 5.41) is 10.5. The number of aliphatic hydroxyl groups excluding tert-OH is 1. The molecule has 1 N–H and O–H groups in total. The summed E-state index contributed by atoms with van der Waals surface area (Å²) in [5.74, 6) is 0.497. The summed E-state index contributed by atoms with van der Waals surface area (Å²) in [7, 11) is 0. The van der Waals surface area contributed by atoms with Gasteiger partial charge in [-0.1, -0.05) is 45.0 Å². The van der Waals surface area contributed by atoms with Crippen LogP contribution in [0.25, 0.3) is 0 Å². The van der Waals surface area contributed by atoms with Crippen LogP contribution < -0.4 is 0 Å². The van der Waals surface area contributed by atoms with Gasteiger partial charge in [0.05, 0.1) is 12.2 Å². The fourth-order valence-corrected chi connectivity index (χ4v) is 3.11. The molecule has 0 amide bonds. The second-order valence-corrected chi connectivity index (χ2v) is 6.64. The van der Waals surface area contributed by atoms with E-state index in [2.05, 4.69) is 45.0 Å². The summed E-state index contributed by atoms with van der Waals surface area (Å²) in [6, 6.07) is 8.54. The number of hydrogen-bond donors (Lipinski definition) is 1. The van der Waals surface area contributed by atoms with Crippen molar-refractivity contribution in [3.63, 3.8) is 0 Å². The van der Waals surface area contributed by atoms with Gasteiger partial charge < -0.3 is 9.84 Å². The molecule has 0 fully saturated rings. The van der Waals surface area contributed by atoms with E-state index in [0.717, 1.165) is 12.8 Å². The highest BCUT2D eigenvalue weighted by Gasteiger charge is 2.36. The van der Waals surface area contributed by atoms with Crippen LogP contribution in [0.2, 0.25) is 0 Å². The first-order chi connectivity index (χ1) is 8.93. The van der Waals surface area contributed by atoms with E-state index < -0.39 is 6.10 Å². The van der Waals surface area contributed by atoms with E-state index in [1.807, 2.05) is 6.92 Å². The summed E-state index contributed by atoms with van der Waals surface area (Å²) < 4.78 is 5.78. The zero-order valence-corrected chi connectivity index (χ0v) is 12.5. The van der Waals surface area contributed by atoms with Gasteiger partial charge in [-0.25, -0.2) is 0 Å². The van der Waals surface area contributed by atoms with Gasteiger partial charge in [0.15, 0.2) is 0 Å². The average molecular weight is 262 g/mol. The van der Waals surface area contributed by atoms with Gasteiger partial charge in [-0.3, -0.25) is 0 Å². The van der Waals surface area contributed by atoms with Crippen LogP contribution in [0.5, 0.6) is 0 Å². The molecule has 1 aliphatic rings. The lowest BCUT2D eigenvalue weighted by atomic mass is 9.72. The van der Waals surface area contributed by atoms with E-state index in [-0.39, 0.29) is 11.5 Å². The largest absolute Gasteiger partial charge is 0.390 e. The van der Waals surface area contributed by atoms with Crippen molar-refractivity contribution >= 4 is 0 Å². The molecule has 0 aliphatic heterocycles. The molecule has 0 radical (unpaired) electrons. The number of fused-ring (bicyclic) bond motifs is 1. The van der Waals surface area contributed by atoms with E-state index in [9.17, 15) is 5.11 Å². The SMILES string of the molecule is CCOC(C(O)CC1Cc2ccccc21)C(C)(C)C. The molecule has 0 bridgehead atoms. The Morgan fingerprint density at radius 2 is 2.00 bits per heavy atom. The van der Waals surface area contributed by atoms with Crippen LogP contribution in [-0.2, 0) is 11.2 Å². The molecule has 1 aliphatic carbocycles. The lowest BCUT2D eigenvalue weighted by Gasteiger charge is -2.38. The highest BCUT2D eigenvalue weighted by molar-refractivity contribution is 5.39. The van der Waals surface area contributed by atoms with Crippen LogP contribution in [0, 0.1) is 5.41 Å². The molecule has 106 valence electrons. The minimum absolute atomic E-state index is 0.0291. The molecule has 3 unspecified atom stereocenters. The molecule has 2 heteroatoms. The zero-order valence-electron chi connectivity index (χ0n) is 12.5. The normalized spacial score (nSPS) is 21.4. The smallest absolute Gasteiger partial charge is 0.0882 e. The number of hydrogen-bond acceptors (Lipinski definition) is 2. The number of benzene rings is 1. The minimum Gasteiger partial charge on any atom is -0.390 e. The van der Waals surface area contributed by atoms with Gasteiger partial charge in [0.25, 0.3) is 0 Å². The van der Waals surface area contributed by atoms with E-state index in [4.69, 9.17) is 4.74 Å². The van der Waals surface area contributed by atoms with Crippen LogP contribution in [0.1, 0.15) is 51.2 Å². The van der Waals surface area contributed by atoms with E-state index in [1.165, 1.54) is 11.1 Å². The Morgan fingerprint density at radius 3 is 2.58 bits per heavy atom. The van der Waals surface area contributed by atoms with Gasteiger partial charge in [0.2, 0.25) is 0 Å². The first-order valence-electron chi connectivity index (χ1n) is 7.31. The Labute approximate surface area is 116 Å². The van der Waals surface area contributed by atoms with E-state index in [0.29, 0.717) is 12.5 Å². The van der Waals surface area contributed by atoms with Crippen molar-refractivity contribution in [3.8, 4) is 0 Å². The van der Waals surface area contributed by atoms with Crippen molar-refractivity contribution in [2.75, 3.05) is 6.61 Å². The van der Waals surface area contributed by atoms with Gasteiger partial charge >= 0.3 is 0 Å². The quantitative estimate of drug-likeness (QED) is 0.879. The highest BCUT2D eigenvalue weighted by Crippen LogP contribution is 2.40. The summed E-state index contributed by atoms with van der Waals surface area (Å²) in [6.45, 7) is 9.03. The number of aliphatic hydroxyl groups is 1. The lowest BCUT2D eigenvalue weighted by molar-refractivity contribution is -0.0926. The molecule has 1 aromatic carbocycles. The summed E-state index contributed by atoms with van der Waals surface area (Å²) >= 11 is 0. The van der Waals surface area contributed by atoms with E-state index >= 15 is 0 Å². The van der Waals surface area contributed by atoms with Gasteiger partial charge in [0, 0.05) is 6.61 Å². The maximum atomic E-state index is 10.5. The average Bonchev–Trinajstić information content (AvgIpc) is 2.31. The zero-order chi connectivity index (χ0) is 14.0. The minimum atomic E-state index is -0.390. The Balaban J connectivity index is 1.99. The Hall–Kier alpha value is -0.860. The van der Waals surface area contributed by atoms with Gasteiger partial charge in [0.1, 0.15) is 0 Å². The Bertz CT molecular complexity index is 420. The Kier molecular flexibility index (Phi) is 4.32. The van der Waals surface area contributed by atoms with Crippen LogP contribution in [0.4, 0.5) is 0 Å². The van der Waals surface area contributed by atoms with Gasteiger partial charge in [-0.2, -0.15) is 0 Å². The molecule has 2 nitrogen and oxygen atoms in total. The molecule has 2 rings (SSSR count). The van der Waals surface area contributed by atoms with Crippen LogP contribution in [0.3, 0.4) is 0 Å². The predicted octanol–water partition coefficient (Wildman–Crippen LogP) is 3.53. The fourth-order valence-electron chi connectivity index (χ4n) is 3.11. The molecular formula is C17H26O2. The lowest BCUT2D eigenvalue weighted by Crippen LogP contribution is -2.41. The van der Waals surface area contributed by atoms with E-state index in [1.54, 1.807) is 0 Å². The third-order valence-corrected chi connectivity index (χ3v) is 4.04. The fraction of sp³-hybridized carbons (Fsp3) is 0.647. The van der Waals surface area contributed by atoms with Crippen molar-refractivity contribution in [2.24, 2.45) is 5.41 Å². The maximum absolute atomic E-state index is 10.5. The maximum Gasteiger partial charge on any atom is 0.0882 e. The van der Waals surface area contributed by atoms with Crippen molar-refractivity contribution in [3.05, 3.63) is 35.4 Å². The molecular weight excluding hydrogens is 236 g/mol. The number of rotatable bonds is 5. The van der Waals surface area contributed by atoms with Crippen LogP contribution >= 0.6 is 0 Å².